The quantitative estimate of drug-likeness (QED) is 0.408. The molecule has 0 spiro atoms. The van der Waals surface area contributed by atoms with Gasteiger partial charge < -0.3 is 20.1 Å². The van der Waals surface area contributed by atoms with Gasteiger partial charge in [0.25, 0.3) is 0 Å². The molecule has 1 aliphatic rings. The van der Waals surface area contributed by atoms with Crippen molar-refractivity contribution in [3.05, 3.63) is 84.1 Å². The fourth-order valence-electron chi connectivity index (χ4n) is 4.02. The van der Waals surface area contributed by atoms with Crippen LogP contribution in [0.3, 0.4) is 0 Å². The molecule has 3 aromatic rings. The summed E-state index contributed by atoms with van der Waals surface area (Å²) in [6.07, 6.45) is 2.61. The number of rotatable bonds is 9. The monoisotopic (exact) mass is 492 g/mol. The molecule has 35 heavy (non-hydrogen) atoms. The number of para-hydroxylation sites is 1. The number of benzene rings is 2. The summed E-state index contributed by atoms with van der Waals surface area (Å²) in [5.74, 6) is 1.71. The number of hydrogen-bond donors (Lipinski definition) is 1. The third kappa shape index (κ3) is 6.99. The van der Waals surface area contributed by atoms with Crippen molar-refractivity contribution in [1.29, 1.82) is 0 Å². The maximum absolute atomic E-state index is 12.4. The lowest BCUT2D eigenvalue weighted by molar-refractivity contribution is -0.145. The first kappa shape index (κ1) is 26.1. The van der Waals surface area contributed by atoms with Gasteiger partial charge >= 0.3 is 5.97 Å². The van der Waals surface area contributed by atoms with Gasteiger partial charge in [0, 0.05) is 30.6 Å². The van der Waals surface area contributed by atoms with Crippen molar-refractivity contribution < 1.29 is 14.3 Å². The van der Waals surface area contributed by atoms with Gasteiger partial charge in [-0.1, -0.05) is 62.4 Å². The number of esters is 1. The largest absolute Gasteiger partial charge is 0.461 e. The van der Waals surface area contributed by atoms with Crippen LogP contribution in [0, 0.1) is 5.92 Å². The SMILES string of the molecule is CC(C)[C@H](CCC(=O)OCc1ccccc1)N1Cc2cc(Oc3ccccc3)ncc2N=C1N.S. The number of carbonyl (C=O) groups is 1. The predicted octanol–water partition coefficient (Wildman–Crippen LogP) is 5.30. The van der Waals surface area contributed by atoms with Gasteiger partial charge in [-0.15, -0.1) is 0 Å². The standard InChI is InChI=1S/C27H30N4O3.H2S/c1-19(2)24(13-14-26(32)33-18-20-9-5-3-6-10-20)31-17-21-15-25(29-16-23(21)30-27(31)28)34-22-11-7-4-8-12-22;/h3-12,15-16,19,24H,13-14,17-18H2,1-2H3,(H2,28,30);1H2/t24-;/m0./s1. The average Bonchev–Trinajstić information content (AvgIpc) is 2.84. The molecular formula is C27H32N4O3S. The lowest BCUT2D eigenvalue weighted by atomic mass is 9.96. The zero-order chi connectivity index (χ0) is 23.9. The van der Waals surface area contributed by atoms with Gasteiger partial charge in [0.2, 0.25) is 5.88 Å². The van der Waals surface area contributed by atoms with Gasteiger partial charge in [-0.25, -0.2) is 9.98 Å². The summed E-state index contributed by atoms with van der Waals surface area (Å²) in [5, 5.41) is 0. The number of guanidine groups is 1. The van der Waals surface area contributed by atoms with Crippen LogP contribution in [0.25, 0.3) is 0 Å². The maximum atomic E-state index is 12.4. The third-order valence-electron chi connectivity index (χ3n) is 5.83. The minimum atomic E-state index is -0.217. The van der Waals surface area contributed by atoms with Crippen molar-refractivity contribution >= 4 is 31.1 Å². The Morgan fingerprint density at radius 1 is 1.09 bits per heavy atom. The smallest absolute Gasteiger partial charge is 0.306 e. The number of carbonyl (C=O) groups excluding carboxylic acids is 1. The third-order valence-corrected chi connectivity index (χ3v) is 5.83. The first-order valence-electron chi connectivity index (χ1n) is 11.5. The lowest BCUT2D eigenvalue weighted by Crippen LogP contribution is -2.48. The number of aromatic nitrogens is 1. The molecule has 7 nitrogen and oxygen atoms in total. The van der Waals surface area contributed by atoms with Crippen LogP contribution in [0.4, 0.5) is 5.69 Å². The Balaban J connectivity index is 0.00000342. The van der Waals surface area contributed by atoms with Gasteiger partial charge in [-0.3, -0.25) is 4.79 Å². The second kappa shape index (κ2) is 12.3. The van der Waals surface area contributed by atoms with Crippen molar-refractivity contribution in [1.82, 2.24) is 9.88 Å². The van der Waals surface area contributed by atoms with Gasteiger partial charge in [0.1, 0.15) is 12.4 Å². The van der Waals surface area contributed by atoms with Crippen molar-refractivity contribution in [3.8, 4) is 11.6 Å². The minimum Gasteiger partial charge on any atom is -0.461 e. The van der Waals surface area contributed by atoms with E-state index < -0.39 is 0 Å². The van der Waals surface area contributed by atoms with E-state index in [9.17, 15) is 4.79 Å². The van der Waals surface area contributed by atoms with Crippen LogP contribution < -0.4 is 10.5 Å². The molecule has 0 aliphatic carbocycles. The molecule has 0 amide bonds. The second-order valence-electron chi connectivity index (χ2n) is 8.66. The van der Waals surface area contributed by atoms with Crippen LogP contribution in [0.5, 0.6) is 11.6 Å². The van der Waals surface area contributed by atoms with E-state index in [-0.39, 0.29) is 38.0 Å². The number of nitrogens with zero attached hydrogens (tertiary/aromatic N) is 3. The number of nitrogens with two attached hydrogens (primary N) is 1. The van der Waals surface area contributed by atoms with Crippen LogP contribution in [0.2, 0.25) is 0 Å². The first-order valence-corrected chi connectivity index (χ1v) is 11.5. The van der Waals surface area contributed by atoms with Gasteiger partial charge in [-0.2, -0.15) is 13.5 Å². The molecule has 0 unspecified atom stereocenters. The number of ether oxygens (including phenoxy) is 2. The summed E-state index contributed by atoms with van der Waals surface area (Å²) >= 11 is 0. The Morgan fingerprint density at radius 2 is 1.77 bits per heavy atom. The van der Waals surface area contributed by atoms with Gasteiger partial charge in [0.05, 0.1) is 11.9 Å². The van der Waals surface area contributed by atoms with E-state index in [0.29, 0.717) is 31.2 Å². The van der Waals surface area contributed by atoms with E-state index in [0.717, 1.165) is 22.6 Å². The number of pyridine rings is 1. The zero-order valence-corrected chi connectivity index (χ0v) is 21.1. The highest BCUT2D eigenvalue weighted by molar-refractivity contribution is 7.59. The Kier molecular flexibility index (Phi) is 9.14. The molecule has 184 valence electrons. The van der Waals surface area contributed by atoms with E-state index in [4.69, 9.17) is 15.2 Å². The summed E-state index contributed by atoms with van der Waals surface area (Å²) in [4.78, 5) is 23.4. The fraction of sp³-hybridized carbons (Fsp3) is 0.296. The lowest BCUT2D eigenvalue weighted by Gasteiger charge is -2.37. The predicted molar refractivity (Wildman–Crippen MR) is 142 cm³/mol. The van der Waals surface area contributed by atoms with Crippen LogP contribution in [0.15, 0.2) is 77.9 Å². The van der Waals surface area contributed by atoms with Crippen molar-refractivity contribution in [2.75, 3.05) is 0 Å². The summed E-state index contributed by atoms with van der Waals surface area (Å²) in [5.41, 5.74) is 9.02. The topological polar surface area (TPSA) is 90.0 Å². The minimum absolute atomic E-state index is 0. The average molecular weight is 493 g/mol. The molecule has 8 heteroatoms. The molecule has 0 saturated carbocycles. The highest BCUT2D eigenvalue weighted by Gasteiger charge is 2.28. The highest BCUT2D eigenvalue weighted by atomic mass is 32.1. The molecule has 2 aromatic carbocycles. The van der Waals surface area contributed by atoms with E-state index in [1.807, 2.05) is 66.7 Å². The summed E-state index contributed by atoms with van der Waals surface area (Å²) in [6.45, 7) is 5.10. The van der Waals surface area contributed by atoms with Gasteiger partial charge in [-0.05, 0) is 30.0 Å². The molecule has 0 radical (unpaired) electrons. The molecule has 2 heterocycles. The van der Waals surface area contributed by atoms with Crippen LogP contribution >= 0.6 is 13.5 Å². The Bertz CT molecular complexity index is 1140. The molecule has 1 aromatic heterocycles. The Morgan fingerprint density at radius 3 is 2.46 bits per heavy atom. The number of aliphatic imine (C=N–C) groups is 1. The number of fused-ring (bicyclic) bond motifs is 1. The molecule has 4 rings (SSSR count). The van der Waals surface area contributed by atoms with Crippen molar-refractivity contribution in [2.45, 2.75) is 45.9 Å². The van der Waals surface area contributed by atoms with E-state index in [1.54, 1.807) is 6.20 Å². The first-order chi connectivity index (χ1) is 16.5. The molecule has 2 N–H and O–H groups in total. The Hall–Kier alpha value is -3.52. The van der Waals surface area contributed by atoms with E-state index in [1.165, 1.54) is 0 Å². The molecule has 1 atom stereocenters. The fourth-order valence-corrected chi connectivity index (χ4v) is 4.02. The van der Waals surface area contributed by atoms with Gasteiger partial charge in [0.15, 0.2) is 5.96 Å². The second-order valence-corrected chi connectivity index (χ2v) is 8.66. The van der Waals surface area contributed by atoms with Crippen molar-refractivity contribution in [2.24, 2.45) is 16.6 Å². The summed E-state index contributed by atoms with van der Waals surface area (Å²) in [7, 11) is 0. The van der Waals surface area contributed by atoms with E-state index >= 15 is 0 Å². The van der Waals surface area contributed by atoms with E-state index in [2.05, 4.69) is 28.7 Å². The summed E-state index contributed by atoms with van der Waals surface area (Å²) < 4.78 is 11.3. The summed E-state index contributed by atoms with van der Waals surface area (Å²) in [6, 6.07) is 21.2. The maximum Gasteiger partial charge on any atom is 0.306 e. The zero-order valence-electron chi connectivity index (χ0n) is 20.1. The number of hydrogen-bond acceptors (Lipinski definition) is 7. The molecule has 0 saturated heterocycles. The van der Waals surface area contributed by atoms with Crippen LogP contribution in [0.1, 0.15) is 37.8 Å². The molecule has 0 fully saturated rings. The molecule has 1 aliphatic heterocycles. The van der Waals surface area contributed by atoms with Crippen LogP contribution in [-0.4, -0.2) is 27.9 Å². The molecular weight excluding hydrogens is 460 g/mol. The van der Waals surface area contributed by atoms with Crippen molar-refractivity contribution in [3.63, 3.8) is 0 Å². The Labute approximate surface area is 213 Å². The normalized spacial score (nSPS) is 13.3. The van der Waals surface area contributed by atoms with Crippen LogP contribution in [-0.2, 0) is 22.7 Å². The molecule has 0 bridgehead atoms. The highest BCUT2D eigenvalue weighted by Crippen LogP contribution is 2.32.